The van der Waals surface area contributed by atoms with E-state index >= 15 is 0 Å². The van der Waals surface area contributed by atoms with Gasteiger partial charge in [0.25, 0.3) is 10.0 Å². The molecule has 0 radical (unpaired) electrons. The van der Waals surface area contributed by atoms with Gasteiger partial charge in [-0.1, -0.05) is 0 Å². The summed E-state index contributed by atoms with van der Waals surface area (Å²) in [7, 11) is -3.94. The number of anilines is 2. The molecule has 0 saturated heterocycles. The van der Waals surface area contributed by atoms with Crippen LogP contribution in [0.25, 0.3) is 11.1 Å². The summed E-state index contributed by atoms with van der Waals surface area (Å²) in [5.74, 6) is 1.01. The van der Waals surface area contributed by atoms with Crippen LogP contribution in [0, 0.1) is 14.9 Å². The number of aromatic amines is 1. The number of hydrogen-bond donors (Lipinski definition) is 3. The number of ether oxygens (including phenoxy) is 1. The monoisotopic (exact) mass is 565 g/mol. The third kappa shape index (κ3) is 4.45. The van der Waals surface area contributed by atoms with E-state index in [9.17, 15) is 13.7 Å². The van der Waals surface area contributed by atoms with Crippen LogP contribution < -0.4 is 15.2 Å². The predicted octanol–water partition coefficient (Wildman–Crippen LogP) is 3.58. The van der Waals surface area contributed by atoms with Crippen LogP contribution in [0.15, 0.2) is 53.8 Å². The number of nitrogen functional groups attached to an aromatic ring is 1. The average molecular weight is 565 g/mol. The molecule has 2 aromatic carbocycles. The average Bonchev–Trinajstić information content (AvgIpc) is 3.40. The summed E-state index contributed by atoms with van der Waals surface area (Å²) in [4.78, 5) is 3.70. The second-order valence-corrected chi connectivity index (χ2v) is 9.77. The quantitative estimate of drug-likeness (QED) is 0.299. The van der Waals surface area contributed by atoms with E-state index in [1.165, 1.54) is 24.5 Å². The van der Waals surface area contributed by atoms with Crippen molar-refractivity contribution in [3.8, 4) is 28.7 Å². The first kappa shape index (κ1) is 21.0. The van der Waals surface area contributed by atoms with E-state index in [1.54, 1.807) is 12.3 Å². The number of aromatic nitrogens is 4. The van der Waals surface area contributed by atoms with Crippen molar-refractivity contribution < 1.29 is 13.2 Å². The molecule has 0 fully saturated rings. The lowest BCUT2D eigenvalue weighted by molar-refractivity contribution is 0.482. The van der Waals surface area contributed by atoms with Gasteiger partial charge in [0.2, 0.25) is 5.13 Å². The van der Waals surface area contributed by atoms with Crippen LogP contribution in [0.4, 0.5) is 10.9 Å². The summed E-state index contributed by atoms with van der Waals surface area (Å²) in [6, 6.07) is 11.4. The zero-order valence-corrected chi connectivity index (χ0v) is 19.2. The molecule has 2 heterocycles. The fourth-order valence-corrected chi connectivity index (χ4v) is 4.85. The summed E-state index contributed by atoms with van der Waals surface area (Å²) >= 11 is 3.07. The Morgan fingerprint density at radius 3 is 2.68 bits per heavy atom. The lowest BCUT2D eigenvalue weighted by atomic mass is 10.1. The molecular formula is C18H12IN7O3S2. The number of nitrogens with one attached hydrogen (secondary N) is 2. The van der Waals surface area contributed by atoms with E-state index in [0.717, 1.165) is 15.1 Å². The lowest BCUT2D eigenvalue weighted by Gasteiger charge is -2.13. The van der Waals surface area contributed by atoms with Crippen molar-refractivity contribution >= 4 is 55.1 Å². The van der Waals surface area contributed by atoms with Gasteiger partial charge in [-0.3, -0.25) is 9.82 Å². The first-order chi connectivity index (χ1) is 14.9. The number of nitriles is 1. The summed E-state index contributed by atoms with van der Waals surface area (Å²) in [5.41, 5.74) is 7.32. The molecule has 13 heteroatoms. The third-order valence-corrected chi connectivity index (χ3v) is 6.80. The van der Waals surface area contributed by atoms with Crippen molar-refractivity contribution in [2.45, 2.75) is 4.90 Å². The molecule has 2 aromatic heterocycles. The Balaban J connectivity index is 1.70. The minimum absolute atomic E-state index is 0.0461. The molecule has 10 nitrogen and oxygen atoms in total. The number of nitrogens with two attached hydrogens (primary N) is 1. The Morgan fingerprint density at radius 1 is 1.19 bits per heavy atom. The van der Waals surface area contributed by atoms with Crippen molar-refractivity contribution in [2.75, 3.05) is 10.5 Å². The highest BCUT2D eigenvalue weighted by Crippen LogP contribution is 2.38. The highest BCUT2D eigenvalue weighted by Gasteiger charge is 2.20. The summed E-state index contributed by atoms with van der Waals surface area (Å²) in [5, 5.41) is 16.3. The Labute approximate surface area is 194 Å². The smallest absolute Gasteiger partial charge is 0.263 e. The van der Waals surface area contributed by atoms with E-state index in [0.29, 0.717) is 22.7 Å². The minimum atomic E-state index is -3.94. The predicted molar refractivity (Wildman–Crippen MR) is 123 cm³/mol. The van der Waals surface area contributed by atoms with Crippen molar-refractivity contribution in [2.24, 2.45) is 0 Å². The van der Waals surface area contributed by atoms with Crippen LogP contribution in [0.5, 0.6) is 11.5 Å². The number of sulfonamides is 1. The van der Waals surface area contributed by atoms with E-state index in [2.05, 4.69) is 46.9 Å². The molecule has 0 aliphatic carbocycles. The molecule has 0 saturated carbocycles. The molecule has 0 aliphatic heterocycles. The van der Waals surface area contributed by atoms with Gasteiger partial charge in [0.05, 0.1) is 16.7 Å². The van der Waals surface area contributed by atoms with E-state index in [4.69, 9.17) is 10.5 Å². The number of halogens is 1. The molecule has 0 aliphatic rings. The lowest BCUT2D eigenvalue weighted by Crippen LogP contribution is -2.13. The maximum absolute atomic E-state index is 12.6. The second kappa shape index (κ2) is 8.49. The van der Waals surface area contributed by atoms with Gasteiger partial charge in [-0.15, -0.1) is 0 Å². The molecule has 0 amide bonds. The Bertz CT molecular complexity index is 1400. The van der Waals surface area contributed by atoms with Gasteiger partial charge in [0, 0.05) is 26.2 Å². The molecule has 0 unspecified atom stereocenters. The van der Waals surface area contributed by atoms with Crippen LogP contribution in [0.2, 0.25) is 0 Å². The Hall–Kier alpha value is -3.22. The standard InChI is InChI=1S/C18H12IN7O3S2/c19-11-1-3-16(13(6-11)14-8-23-25-17(14)21)29-15-4-2-12(5-10(15)7-20)31(27,28)26-18-22-9-24-30-18/h1-6,8-9H,(H3,21,23,25)(H,22,24,26). The molecule has 4 aromatic rings. The summed E-state index contributed by atoms with van der Waals surface area (Å²) in [6.07, 6.45) is 2.82. The van der Waals surface area contributed by atoms with Gasteiger partial charge in [-0.2, -0.15) is 14.7 Å². The van der Waals surface area contributed by atoms with E-state index < -0.39 is 10.0 Å². The van der Waals surface area contributed by atoms with Crippen LogP contribution in [-0.2, 0) is 10.0 Å². The zero-order chi connectivity index (χ0) is 22.0. The number of benzene rings is 2. The molecule has 4 rings (SSSR count). The first-order valence-corrected chi connectivity index (χ1v) is 11.8. The highest BCUT2D eigenvalue weighted by atomic mass is 127. The molecular weight excluding hydrogens is 553 g/mol. The largest absolute Gasteiger partial charge is 0.455 e. The summed E-state index contributed by atoms with van der Waals surface area (Å²) in [6.45, 7) is 0. The maximum atomic E-state index is 12.6. The SMILES string of the molecule is N#Cc1cc(S(=O)(=O)Nc2ncns2)ccc1Oc1ccc(I)cc1-c1cn[nH]c1N. The fourth-order valence-electron chi connectivity index (χ4n) is 2.68. The normalized spacial score (nSPS) is 11.1. The van der Waals surface area contributed by atoms with Crippen LogP contribution in [0.3, 0.4) is 0 Å². The van der Waals surface area contributed by atoms with Gasteiger partial charge in [-0.05, 0) is 59.0 Å². The number of hydrogen-bond acceptors (Lipinski definition) is 9. The number of nitrogens with zero attached hydrogens (tertiary/aromatic N) is 4. The molecule has 156 valence electrons. The first-order valence-electron chi connectivity index (χ1n) is 8.47. The van der Waals surface area contributed by atoms with Crippen molar-refractivity contribution in [1.29, 1.82) is 5.26 Å². The van der Waals surface area contributed by atoms with Crippen molar-refractivity contribution in [3.63, 3.8) is 0 Å². The van der Waals surface area contributed by atoms with Gasteiger partial charge < -0.3 is 10.5 Å². The van der Waals surface area contributed by atoms with E-state index in [-0.39, 0.29) is 21.3 Å². The highest BCUT2D eigenvalue weighted by molar-refractivity contribution is 14.1. The number of rotatable bonds is 6. The topological polar surface area (TPSA) is 160 Å². The second-order valence-electron chi connectivity index (χ2n) is 6.06. The van der Waals surface area contributed by atoms with Gasteiger partial charge in [0.1, 0.15) is 29.7 Å². The number of H-pyrrole nitrogens is 1. The molecule has 31 heavy (non-hydrogen) atoms. The van der Waals surface area contributed by atoms with Crippen molar-refractivity contribution in [1.82, 2.24) is 19.6 Å². The molecule has 0 spiro atoms. The third-order valence-electron chi connectivity index (χ3n) is 4.09. The van der Waals surface area contributed by atoms with Gasteiger partial charge in [0.15, 0.2) is 0 Å². The fraction of sp³-hybridized carbons (Fsp3) is 0. The van der Waals surface area contributed by atoms with Crippen LogP contribution >= 0.6 is 34.1 Å². The van der Waals surface area contributed by atoms with E-state index in [1.807, 2.05) is 18.2 Å². The Kier molecular flexibility index (Phi) is 5.76. The molecule has 0 atom stereocenters. The minimum Gasteiger partial charge on any atom is -0.455 e. The zero-order valence-electron chi connectivity index (χ0n) is 15.4. The summed E-state index contributed by atoms with van der Waals surface area (Å²) < 4.78 is 38.1. The molecule has 4 N–H and O–H groups in total. The van der Waals surface area contributed by atoms with Crippen LogP contribution in [0.1, 0.15) is 5.56 Å². The van der Waals surface area contributed by atoms with Crippen LogP contribution in [-0.4, -0.2) is 28.0 Å². The Morgan fingerprint density at radius 2 is 2.00 bits per heavy atom. The molecule has 0 bridgehead atoms. The maximum Gasteiger partial charge on any atom is 0.263 e. The van der Waals surface area contributed by atoms with Crippen molar-refractivity contribution in [3.05, 3.63) is 58.1 Å². The van der Waals surface area contributed by atoms with Gasteiger partial charge >= 0.3 is 0 Å². The van der Waals surface area contributed by atoms with Gasteiger partial charge in [-0.25, -0.2) is 13.4 Å².